The zero-order chi connectivity index (χ0) is 15.6. The van der Waals surface area contributed by atoms with Gasteiger partial charge in [0.05, 0.1) is 5.92 Å². The van der Waals surface area contributed by atoms with Gasteiger partial charge >= 0.3 is 5.97 Å². The van der Waals surface area contributed by atoms with Crippen LogP contribution in [0.15, 0.2) is 18.2 Å². The maximum Gasteiger partial charge on any atom is 0.306 e. The molecule has 1 aliphatic carbocycles. The van der Waals surface area contributed by atoms with Crippen LogP contribution in [0.2, 0.25) is 0 Å². The van der Waals surface area contributed by atoms with Gasteiger partial charge in [0.25, 0.3) is 0 Å². The number of carboxylic acids is 1. The molecule has 0 radical (unpaired) electrons. The molecule has 1 saturated carbocycles. The summed E-state index contributed by atoms with van der Waals surface area (Å²) in [5.74, 6) is -1.07. The number of nitrogens with one attached hydrogen (secondary N) is 1. The Morgan fingerprint density at radius 1 is 1.24 bits per heavy atom. The van der Waals surface area contributed by atoms with E-state index in [-0.39, 0.29) is 17.7 Å². The maximum atomic E-state index is 12.4. The van der Waals surface area contributed by atoms with Crippen LogP contribution < -0.4 is 5.32 Å². The van der Waals surface area contributed by atoms with E-state index < -0.39 is 5.97 Å². The Labute approximate surface area is 125 Å². The zero-order valence-electron chi connectivity index (χ0n) is 12.8. The number of amides is 1. The molecule has 0 bridgehead atoms. The molecule has 4 nitrogen and oxygen atoms in total. The summed E-state index contributed by atoms with van der Waals surface area (Å²) in [5.41, 5.74) is 3.05. The second-order valence-corrected chi connectivity index (χ2v) is 6.23. The summed E-state index contributed by atoms with van der Waals surface area (Å²) >= 11 is 0. The Bertz CT molecular complexity index is 551. The van der Waals surface area contributed by atoms with Gasteiger partial charge in [-0.2, -0.15) is 0 Å². The second-order valence-electron chi connectivity index (χ2n) is 6.23. The van der Waals surface area contributed by atoms with Crippen LogP contribution in [0.1, 0.15) is 50.2 Å². The molecule has 1 aromatic carbocycles. The lowest BCUT2D eigenvalue weighted by Crippen LogP contribution is -2.23. The summed E-state index contributed by atoms with van der Waals surface area (Å²) in [6, 6.07) is 6.01. The molecule has 2 unspecified atom stereocenters. The van der Waals surface area contributed by atoms with Gasteiger partial charge in [0.1, 0.15) is 0 Å². The molecule has 0 heterocycles. The van der Waals surface area contributed by atoms with Crippen molar-refractivity contribution >= 4 is 17.6 Å². The Kier molecular flexibility index (Phi) is 4.66. The minimum Gasteiger partial charge on any atom is -0.481 e. The van der Waals surface area contributed by atoms with E-state index in [2.05, 4.69) is 19.2 Å². The number of benzene rings is 1. The number of anilines is 1. The van der Waals surface area contributed by atoms with Gasteiger partial charge in [-0.3, -0.25) is 9.59 Å². The highest BCUT2D eigenvalue weighted by Gasteiger charge is 2.34. The molecule has 21 heavy (non-hydrogen) atoms. The van der Waals surface area contributed by atoms with Gasteiger partial charge in [-0.05, 0) is 43.2 Å². The zero-order valence-corrected chi connectivity index (χ0v) is 12.8. The van der Waals surface area contributed by atoms with Crippen LogP contribution >= 0.6 is 0 Å². The third-order valence-corrected chi connectivity index (χ3v) is 4.33. The van der Waals surface area contributed by atoms with E-state index in [9.17, 15) is 9.59 Å². The first-order chi connectivity index (χ1) is 9.90. The van der Waals surface area contributed by atoms with Crippen LogP contribution in [0.25, 0.3) is 0 Å². The van der Waals surface area contributed by atoms with Crippen molar-refractivity contribution in [1.82, 2.24) is 0 Å². The third-order valence-electron chi connectivity index (χ3n) is 4.33. The molecular weight excluding hydrogens is 266 g/mol. The molecule has 2 N–H and O–H groups in total. The fourth-order valence-electron chi connectivity index (χ4n) is 3.01. The number of aliphatic carboxylic acids is 1. The quantitative estimate of drug-likeness (QED) is 0.890. The van der Waals surface area contributed by atoms with Gasteiger partial charge in [-0.25, -0.2) is 0 Å². The monoisotopic (exact) mass is 289 g/mol. The molecule has 0 aliphatic heterocycles. The van der Waals surface area contributed by atoms with Crippen LogP contribution in [0.4, 0.5) is 5.69 Å². The largest absolute Gasteiger partial charge is 0.481 e. The highest BCUT2D eigenvalue weighted by molar-refractivity contribution is 5.94. The first-order valence-corrected chi connectivity index (χ1v) is 7.53. The lowest BCUT2D eigenvalue weighted by atomic mass is 9.97. The summed E-state index contributed by atoms with van der Waals surface area (Å²) in [4.78, 5) is 23.4. The molecular formula is C17H23NO3. The number of para-hydroxylation sites is 1. The molecule has 4 heteroatoms. The number of rotatable bonds is 4. The molecule has 1 fully saturated rings. The molecule has 0 aromatic heterocycles. The van der Waals surface area contributed by atoms with Crippen molar-refractivity contribution in [3.8, 4) is 0 Å². The Balaban J connectivity index is 2.12. The van der Waals surface area contributed by atoms with Crippen LogP contribution in [0.3, 0.4) is 0 Å². The molecule has 1 aromatic rings. The average molecular weight is 289 g/mol. The number of carboxylic acid groups (broad SMARTS) is 1. The van der Waals surface area contributed by atoms with E-state index in [4.69, 9.17) is 5.11 Å². The highest BCUT2D eigenvalue weighted by atomic mass is 16.4. The number of carbonyl (C=O) groups excluding carboxylic acids is 1. The van der Waals surface area contributed by atoms with Crippen LogP contribution in [-0.2, 0) is 9.59 Å². The van der Waals surface area contributed by atoms with Crippen molar-refractivity contribution in [1.29, 1.82) is 0 Å². The van der Waals surface area contributed by atoms with Gasteiger partial charge < -0.3 is 10.4 Å². The van der Waals surface area contributed by atoms with Crippen molar-refractivity contribution < 1.29 is 14.7 Å². The highest BCUT2D eigenvalue weighted by Crippen LogP contribution is 2.33. The van der Waals surface area contributed by atoms with Crippen LogP contribution in [-0.4, -0.2) is 17.0 Å². The van der Waals surface area contributed by atoms with Crippen molar-refractivity contribution in [2.45, 2.75) is 46.0 Å². The Hall–Kier alpha value is -1.84. The summed E-state index contributed by atoms with van der Waals surface area (Å²) in [7, 11) is 0. The van der Waals surface area contributed by atoms with E-state index in [0.29, 0.717) is 25.2 Å². The van der Waals surface area contributed by atoms with Crippen molar-refractivity contribution in [3.63, 3.8) is 0 Å². The first-order valence-electron chi connectivity index (χ1n) is 7.53. The lowest BCUT2D eigenvalue weighted by Gasteiger charge is -2.18. The number of aryl methyl sites for hydroxylation is 1. The Morgan fingerprint density at radius 3 is 2.48 bits per heavy atom. The van der Waals surface area contributed by atoms with Gasteiger partial charge in [0.15, 0.2) is 0 Å². The molecule has 114 valence electrons. The number of hydrogen-bond donors (Lipinski definition) is 2. The van der Waals surface area contributed by atoms with Gasteiger partial charge in [0, 0.05) is 11.6 Å². The summed E-state index contributed by atoms with van der Waals surface area (Å²) in [6.45, 7) is 6.18. The Morgan fingerprint density at radius 2 is 1.90 bits per heavy atom. The SMILES string of the molecule is Cc1cccc(C(C)C)c1NC(=O)C1CCC(C(=O)O)C1. The maximum absolute atomic E-state index is 12.4. The number of carbonyl (C=O) groups is 2. The predicted octanol–water partition coefficient (Wildman–Crippen LogP) is 3.56. The average Bonchev–Trinajstić information content (AvgIpc) is 2.90. The van der Waals surface area contributed by atoms with Gasteiger partial charge in [-0.1, -0.05) is 32.0 Å². The number of hydrogen-bond acceptors (Lipinski definition) is 2. The summed E-state index contributed by atoms with van der Waals surface area (Å²) < 4.78 is 0. The van der Waals surface area contributed by atoms with Crippen LogP contribution in [0, 0.1) is 18.8 Å². The van der Waals surface area contributed by atoms with Crippen molar-refractivity contribution in [2.24, 2.45) is 11.8 Å². The second kappa shape index (κ2) is 6.29. The summed E-state index contributed by atoms with van der Waals surface area (Å²) in [6.07, 6.45) is 1.70. The molecule has 0 spiro atoms. The van der Waals surface area contributed by atoms with Crippen molar-refractivity contribution in [3.05, 3.63) is 29.3 Å². The smallest absolute Gasteiger partial charge is 0.306 e. The first kappa shape index (κ1) is 15.5. The van der Waals surface area contributed by atoms with E-state index in [0.717, 1.165) is 16.8 Å². The van der Waals surface area contributed by atoms with Gasteiger partial charge in [-0.15, -0.1) is 0 Å². The fraction of sp³-hybridized carbons (Fsp3) is 0.529. The normalized spacial score (nSPS) is 21.5. The van der Waals surface area contributed by atoms with E-state index in [1.807, 2.05) is 25.1 Å². The predicted molar refractivity (Wildman–Crippen MR) is 82.4 cm³/mol. The summed E-state index contributed by atoms with van der Waals surface area (Å²) in [5, 5.41) is 12.1. The van der Waals surface area contributed by atoms with Crippen molar-refractivity contribution in [2.75, 3.05) is 5.32 Å². The molecule has 1 aliphatic rings. The topological polar surface area (TPSA) is 66.4 Å². The lowest BCUT2D eigenvalue weighted by molar-refractivity contribution is -0.141. The van der Waals surface area contributed by atoms with E-state index >= 15 is 0 Å². The van der Waals surface area contributed by atoms with E-state index in [1.54, 1.807) is 0 Å². The van der Waals surface area contributed by atoms with E-state index in [1.165, 1.54) is 0 Å². The minimum absolute atomic E-state index is 0.0463. The molecule has 2 rings (SSSR count). The fourth-order valence-corrected chi connectivity index (χ4v) is 3.01. The third kappa shape index (κ3) is 3.43. The van der Waals surface area contributed by atoms with Gasteiger partial charge in [0.2, 0.25) is 5.91 Å². The molecule has 1 amide bonds. The molecule has 0 saturated heterocycles. The standard InChI is InChI=1S/C17H23NO3/c1-10(2)14-6-4-5-11(3)15(14)18-16(19)12-7-8-13(9-12)17(20)21/h4-6,10,12-13H,7-9H2,1-3H3,(H,18,19)(H,20,21). The minimum atomic E-state index is -0.788. The van der Waals surface area contributed by atoms with Crippen LogP contribution in [0.5, 0.6) is 0 Å². The molecule has 2 atom stereocenters.